The fourth-order valence-electron chi connectivity index (χ4n) is 3.32. The van der Waals surface area contributed by atoms with E-state index in [0.29, 0.717) is 10.6 Å². The van der Waals surface area contributed by atoms with Crippen LogP contribution in [0, 0.1) is 0 Å². The molecule has 2 atom stereocenters. The van der Waals surface area contributed by atoms with E-state index >= 15 is 0 Å². The Labute approximate surface area is 176 Å². The number of aliphatic carboxylic acids is 1. The van der Waals surface area contributed by atoms with Gasteiger partial charge in [-0.05, 0) is 53.9 Å². The molecule has 3 N–H and O–H groups in total. The lowest BCUT2D eigenvalue weighted by Crippen LogP contribution is -2.44. The summed E-state index contributed by atoms with van der Waals surface area (Å²) in [5.74, 6) is -1.80. The second-order valence-electron chi connectivity index (χ2n) is 6.86. The predicted octanol–water partition coefficient (Wildman–Crippen LogP) is 4.06. The normalized spacial score (nSPS) is 21.1. The van der Waals surface area contributed by atoms with Crippen LogP contribution in [0.4, 0.5) is 0 Å². The molecular weight excluding hydrogens is 434 g/mol. The van der Waals surface area contributed by atoms with Crippen LogP contribution in [0.5, 0.6) is 5.75 Å². The second kappa shape index (κ2) is 7.14. The molecule has 4 rings (SSSR count). The number of carboxylic acid groups (broad SMARTS) is 1. The zero-order chi connectivity index (χ0) is 20.8. The number of hydrogen-bond acceptors (Lipinski definition) is 5. The Morgan fingerprint density at radius 1 is 1.14 bits per heavy atom. The van der Waals surface area contributed by atoms with Crippen molar-refractivity contribution in [2.45, 2.75) is 22.1 Å². The van der Waals surface area contributed by atoms with E-state index in [-0.39, 0.29) is 16.4 Å². The second-order valence-corrected chi connectivity index (χ2v) is 10.3. The number of sulfonamides is 1. The van der Waals surface area contributed by atoms with Gasteiger partial charge in [0.2, 0.25) is 0 Å². The summed E-state index contributed by atoms with van der Waals surface area (Å²) in [6.07, 6.45) is 0.112. The van der Waals surface area contributed by atoms with Gasteiger partial charge in [-0.1, -0.05) is 35.9 Å². The van der Waals surface area contributed by atoms with Crippen LogP contribution in [0.2, 0.25) is 5.02 Å². The van der Waals surface area contributed by atoms with Gasteiger partial charge in [0.05, 0.1) is 0 Å². The molecule has 0 bridgehead atoms. The van der Waals surface area contributed by atoms with Crippen molar-refractivity contribution in [3.8, 4) is 16.2 Å². The number of carbonyl (C=O) groups is 1. The van der Waals surface area contributed by atoms with Crippen LogP contribution in [0.3, 0.4) is 0 Å². The smallest absolute Gasteiger partial charge is 0.325 e. The molecule has 0 spiro atoms. The van der Waals surface area contributed by atoms with Crippen LogP contribution in [0.1, 0.15) is 17.9 Å². The Morgan fingerprint density at radius 2 is 1.86 bits per heavy atom. The Bertz CT molecular complexity index is 1190. The van der Waals surface area contributed by atoms with Crippen molar-refractivity contribution in [1.82, 2.24) is 4.72 Å². The number of rotatable bonds is 6. The standard InChI is InChI=1S/C20H16ClNO5S2/c21-14-6-4-12(5-7-14)17-8-9-18(28-17)29(26,27)22-20(19(24)25)11-16(20)13-2-1-3-15(23)10-13/h1-10,16,22-23H,11H2,(H,24,25)/t16-,20+/m0/s1. The van der Waals surface area contributed by atoms with Crippen LogP contribution >= 0.6 is 22.9 Å². The lowest BCUT2D eigenvalue weighted by atomic mass is 10.1. The highest BCUT2D eigenvalue weighted by Crippen LogP contribution is 2.53. The van der Waals surface area contributed by atoms with Crippen molar-refractivity contribution in [1.29, 1.82) is 0 Å². The van der Waals surface area contributed by atoms with E-state index in [1.54, 1.807) is 42.5 Å². The summed E-state index contributed by atoms with van der Waals surface area (Å²) in [6, 6.07) is 16.3. The summed E-state index contributed by atoms with van der Waals surface area (Å²) >= 11 is 6.94. The van der Waals surface area contributed by atoms with Gasteiger partial charge in [0, 0.05) is 15.8 Å². The minimum Gasteiger partial charge on any atom is -0.508 e. The first-order chi connectivity index (χ1) is 13.7. The molecule has 1 aliphatic rings. The van der Waals surface area contributed by atoms with E-state index < -0.39 is 27.4 Å². The fourth-order valence-corrected chi connectivity index (χ4v) is 6.17. The molecule has 0 amide bonds. The molecule has 1 aliphatic carbocycles. The summed E-state index contributed by atoms with van der Waals surface area (Å²) in [7, 11) is -4.05. The SMILES string of the molecule is O=C(O)[C@@]1(NS(=O)(=O)c2ccc(-c3ccc(Cl)cc3)s2)C[C@H]1c1cccc(O)c1. The molecule has 3 aromatic rings. The lowest BCUT2D eigenvalue weighted by Gasteiger charge is -2.14. The number of phenolic OH excluding ortho intramolecular Hbond substituents is 1. The average Bonchev–Trinajstić information content (AvgIpc) is 3.16. The van der Waals surface area contributed by atoms with Crippen molar-refractivity contribution in [2.24, 2.45) is 0 Å². The summed E-state index contributed by atoms with van der Waals surface area (Å²) in [6.45, 7) is 0. The Morgan fingerprint density at radius 3 is 2.52 bits per heavy atom. The molecule has 2 aromatic carbocycles. The first kappa shape index (κ1) is 19.9. The zero-order valence-electron chi connectivity index (χ0n) is 14.9. The number of aromatic hydroxyl groups is 1. The first-order valence-electron chi connectivity index (χ1n) is 8.63. The van der Waals surface area contributed by atoms with Crippen molar-refractivity contribution in [3.05, 3.63) is 71.2 Å². The van der Waals surface area contributed by atoms with Crippen molar-refractivity contribution in [2.75, 3.05) is 0 Å². The van der Waals surface area contributed by atoms with Gasteiger partial charge < -0.3 is 10.2 Å². The van der Waals surface area contributed by atoms with Gasteiger partial charge in [0.25, 0.3) is 10.0 Å². The number of nitrogens with one attached hydrogen (secondary N) is 1. The average molecular weight is 450 g/mol. The molecule has 9 heteroatoms. The molecule has 1 aromatic heterocycles. The number of benzene rings is 2. The van der Waals surface area contributed by atoms with Gasteiger partial charge in [0.1, 0.15) is 15.5 Å². The van der Waals surface area contributed by atoms with Crippen molar-refractivity contribution < 1.29 is 23.4 Å². The van der Waals surface area contributed by atoms with Gasteiger partial charge in [-0.3, -0.25) is 4.79 Å². The summed E-state index contributed by atoms with van der Waals surface area (Å²) < 4.78 is 28.2. The number of thiophene rings is 1. The van der Waals surface area contributed by atoms with E-state index in [1.807, 2.05) is 0 Å². The van der Waals surface area contributed by atoms with Gasteiger partial charge in [0.15, 0.2) is 0 Å². The Hall–Kier alpha value is -2.39. The number of hydrogen-bond donors (Lipinski definition) is 3. The molecular formula is C20H16ClNO5S2. The van der Waals surface area contributed by atoms with E-state index in [4.69, 9.17) is 11.6 Å². The predicted molar refractivity (Wildman–Crippen MR) is 111 cm³/mol. The highest BCUT2D eigenvalue weighted by molar-refractivity contribution is 7.91. The molecule has 1 fully saturated rings. The third-order valence-electron chi connectivity index (χ3n) is 4.91. The summed E-state index contributed by atoms with van der Waals surface area (Å²) in [4.78, 5) is 12.6. The van der Waals surface area contributed by atoms with Crippen LogP contribution in [0.25, 0.3) is 10.4 Å². The largest absolute Gasteiger partial charge is 0.508 e. The van der Waals surface area contributed by atoms with Crippen LogP contribution < -0.4 is 4.72 Å². The maximum absolute atomic E-state index is 12.9. The number of carboxylic acids is 1. The third-order valence-corrected chi connectivity index (χ3v) is 8.29. The summed E-state index contributed by atoms with van der Waals surface area (Å²) in [5.41, 5.74) is -0.238. The van der Waals surface area contributed by atoms with Crippen LogP contribution in [0.15, 0.2) is 64.9 Å². The molecule has 1 saturated carbocycles. The Balaban J connectivity index is 1.61. The van der Waals surface area contributed by atoms with Gasteiger partial charge in [-0.25, -0.2) is 8.42 Å². The van der Waals surface area contributed by atoms with E-state index in [9.17, 15) is 23.4 Å². The molecule has 1 heterocycles. The van der Waals surface area contributed by atoms with E-state index in [1.165, 1.54) is 18.2 Å². The lowest BCUT2D eigenvalue weighted by molar-refractivity contribution is -0.140. The maximum atomic E-state index is 12.9. The van der Waals surface area contributed by atoms with Gasteiger partial charge >= 0.3 is 5.97 Å². The van der Waals surface area contributed by atoms with E-state index in [0.717, 1.165) is 21.8 Å². The van der Waals surface area contributed by atoms with E-state index in [2.05, 4.69) is 4.72 Å². The molecule has 0 unspecified atom stereocenters. The molecule has 6 nitrogen and oxygen atoms in total. The highest BCUT2D eigenvalue weighted by Gasteiger charge is 2.63. The van der Waals surface area contributed by atoms with Crippen LogP contribution in [-0.2, 0) is 14.8 Å². The van der Waals surface area contributed by atoms with Crippen molar-refractivity contribution >= 4 is 38.9 Å². The molecule has 0 radical (unpaired) electrons. The quantitative estimate of drug-likeness (QED) is 0.526. The van der Waals surface area contributed by atoms with Gasteiger partial charge in [-0.2, -0.15) is 4.72 Å². The van der Waals surface area contributed by atoms with Crippen LogP contribution in [-0.4, -0.2) is 30.1 Å². The number of phenols is 1. The zero-order valence-corrected chi connectivity index (χ0v) is 17.3. The molecule has 29 heavy (non-hydrogen) atoms. The van der Waals surface area contributed by atoms with Crippen molar-refractivity contribution in [3.63, 3.8) is 0 Å². The van der Waals surface area contributed by atoms with Gasteiger partial charge in [-0.15, -0.1) is 11.3 Å². The molecule has 0 aliphatic heterocycles. The minimum absolute atomic E-state index is 0.00223. The topological polar surface area (TPSA) is 104 Å². The Kier molecular flexibility index (Phi) is 4.90. The highest BCUT2D eigenvalue weighted by atomic mass is 35.5. The fraction of sp³-hybridized carbons (Fsp3) is 0.150. The monoisotopic (exact) mass is 449 g/mol. The summed E-state index contributed by atoms with van der Waals surface area (Å²) in [5, 5.41) is 19.9. The number of halogens is 1. The third kappa shape index (κ3) is 3.76. The first-order valence-corrected chi connectivity index (χ1v) is 11.3. The molecule has 150 valence electrons. The maximum Gasteiger partial charge on any atom is 0.325 e. The minimum atomic E-state index is -4.05. The molecule has 0 saturated heterocycles.